The van der Waals surface area contributed by atoms with Gasteiger partial charge in [0, 0.05) is 23.5 Å². The van der Waals surface area contributed by atoms with Crippen LogP contribution >= 0.6 is 11.6 Å². The van der Waals surface area contributed by atoms with Gasteiger partial charge in [-0.15, -0.1) is 0 Å². The van der Waals surface area contributed by atoms with Crippen LogP contribution in [-0.2, 0) is 11.8 Å². The summed E-state index contributed by atoms with van der Waals surface area (Å²) in [5, 5.41) is 4.19. The van der Waals surface area contributed by atoms with Crippen molar-refractivity contribution in [2.75, 3.05) is 20.2 Å². The third-order valence-electron chi connectivity index (χ3n) is 4.41. The fourth-order valence-electron chi connectivity index (χ4n) is 3.26. The molecule has 0 radical (unpaired) electrons. The number of methoxy groups -OCH3 is 1. The molecule has 1 fully saturated rings. The Labute approximate surface area is 131 Å². The molecule has 0 amide bonds. The van der Waals surface area contributed by atoms with Crippen LogP contribution in [0.5, 0.6) is 5.75 Å². The average molecular weight is 302 g/mol. The monoisotopic (exact) mass is 301 g/mol. The van der Waals surface area contributed by atoms with Gasteiger partial charge in [0.25, 0.3) is 0 Å². The molecule has 1 N–H and O–H groups in total. The van der Waals surface area contributed by atoms with Crippen molar-refractivity contribution < 1.29 is 4.74 Å². The molecule has 0 spiro atoms. The van der Waals surface area contributed by atoms with E-state index >= 15 is 0 Å². The number of hydrogen-bond donors (Lipinski definition) is 1. The zero-order chi connectivity index (χ0) is 14.9. The summed E-state index contributed by atoms with van der Waals surface area (Å²) in [6.45, 7) is 4.17. The van der Waals surface area contributed by atoms with Crippen molar-refractivity contribution in [1.82, 2.24) is 5.32 Å². The molecule has 0 atom stereocenters. The number of benzene rings is 2. The SMILES string of the molecule is COc1ccc(Cl)cc1CC1(c2ccccc2C)CNC1. The lowest BCUT2D eigenvalue weighted by atomic mass is 9.69. The first-order chi connectivity index (χ1) is 10.1. The van der Waals surface area contributed by atoms with Crippen LogP contribution in [0.2, 0.25) is 5.02 Å². The van der Waals surface area contributed by atoms with Crippen molar-refractivity contribution in [3.63, 3.8) is 0 Å². The van der Waals surface area contributed by atoms with Gasteiger partial charge in [-0.1, -0.05) is 35.9 Å². The first-order valence-corrected chi connectivity index (χ1v) is 7.62. The summed E-state index contributed by atoms with van der Waals surface area (Å²) in [4.78, 5) is 0. The Hall–Kier alpha value is -1.51. The van der Waals surface area contributed by atoms with E-state index in [0.29, 0.717) is 0 Å². The maximum atomic E-state index is 6.17. The van der Waals surface area contributed by atoms with Crippen LogP contribution in [0.15, 0.2) is 42.5 Å². The van der Waals surface area contributed by atoms with Crippen LogP contribution < -0.4 is 10.1 Å². The van der Waals surface area contributed by atoms with Gasteiger partial charge in [-0.05, 0) is 48.2 Å². The fraction of sp³-hybridized carbons (Fsp3) is 0.333. The predicted octanol–water partition coefficient (Wildman–Crippen LogP) is 3.74. The van der Waals surface area contributed by atoms with Crippen LogP contribution in [-0.4, -0.2) is 20.2 Å². The largest absolute Gasteiger partial charge is 0.496 e. The van der Waals surface area contributed by atoms with Gasteiger partial charge in [0.2, 0.25) is 0 Å². The van der Waals surface area contributed by atoms with E-state index in [9.17, 15) is 0 Å². The first kappa shape index (κ1) is 14.4. The molecule has 3 rings (SSSR count). The summed E-state index contributed by atoms with van der Waals surface area (Å²) < 4.78 is 5.50. The number of halogens is 1. The second-order valence-corrected chi connectivity index (χ2v) is 6.27. The molecule has 1 saturated heterocycles. The normalized spacial score (nSPS) is 16.3. The van der Waals surface area contributed by atoms with E-state index in [1.54, 1.807) is 7.11 Å². The lowest BCUT2D eigenvalue weighted by molar-refractivity contribution is 0.270. The Bertz CT molecular complexity index is 649. The van der Waals surface area contributed by atoms with Crippen molar-refractivity contribution in [1.29, 1.82) is 0 Å². The number of rotatable bonds is 4. The molecule has 2 aromatic rings. The average Bonchev–Trinajstić information content (AvgIpc) is 2.44. The Morgan fingerprint density at radius 2 is 1.95 bits per heavy atom. The molecule has 0 bridgehead atoms. The zero-order valence-electron chi connectivity index (χ0n) is 12.4. The van der Waals surface area contributed by atoms with Crippen molar-refractivity contribution in [2.45, 2.75) is 18.8 Å². The molecule has 0 unspecified atom stereocenters. The molecule has 1 aliphatic rings. The smallest absolute Gasteiger partial charge is 0.122 e. The van der Waals surface area contributed by atoms with Crippen molar-refractivity contribution in [3.05, 3.63) is 64.2 Å². The summed E-state index contributed by atoms with van der Waals surface area (Å²) in [7, 11) is 1.71. The minimum atomic E-state index is 0.142. The Morgan fingerprint density at radius 1 is 1.19 bits per heavy atom. The van der Waals surface area contributed by atoms with Gasteiger partial charge in [-0.3, -0.25) is 0 Å². The first-order valence-electron chi connectivity index (χ1n) is 7.24. The van der Waals surface area contributed by atoms with Crippen LogP contribution in [0.1, 0.15) is 16.7 Å². The van der Waals surface area contributed by atoms with Gasteiger partial charge in [-0.2, -0.15) is 0 Å². The van der Waals surface area contributed by atoms with Crippen LogP contribution in [0.4, 0.5) is 0 Å². The minimum absolute atomic E-state index is 0.142. The molecular weight excluding hydrogens is 282 g/mol. The van der Waals surface area contributed by atoms with Crippen LogP contribution in [0, 0.1) is 6.92 Å². The van der Waals surface area contributed by atoms with Crippen molar-refractivity contribution in [2.24, 2.45) is 0 Å². The molecule has 2 aromatic carbocycles. The van der Waals surface area contributed by atoms with E-state index in [1.165, 1.54) is 16.7 Å². The summed E-state index contributed by atoms with van der Waals surface area (Å²) in [5.41, 5.74) is 4.09. The van der Waals surface area contributed by atoms with Gasteiger partial charge in [0.1, 0.15) is 5.75 Å². The third-order valence-corrected chi connectivity index (χ3v) is 4.65. The fourth-order valence-corrected chi connectivity index (χ4v) is 3.45. The van der Waals surface area contributed by atoms with Gasteiger partial charge in [-0.25, -0.2) is 0 Å². The van der Waals surface area contributed by atoms with Crippen LogP contribution in [0.25, 0.3) is 0 Å². The minimum Gasteiger partial charge on any atom is -0.496 e. The second-order valence-electron chi connectivity index (χ2n) is 5.83. The van der Waals surface area contributed by atoms with Gasteiger partial charge >= 0.3 is 0 Å². The Balaban J connectivity index is 1.99. The highest BCUT2D eigenvalue weighted by atomic mass is 35.5. The predicted molar refractivity (Wildman–Crippen MR) is 87.4 cm³/mol. The van der Waals surface area contributed by atoms with Gasteiger partial charge in [0.05, 0.1) is 7.11 Å². The molecule has 2 nitrogen and oxygen atoms in total. The Morgan fingerprint density at radius 3 is 2.57 bits per heavy atom. The number of aryl methyl sites for hydroxylation is 1. The van der Waals surface area contributed by atoms with Crippen molar-refractivity contribution in [3.8, 4) is 5.75 Å². The third kappa shape index (κ3) is 2.66. The van der Waals surface area contributed by atoms with E-state index in [-0.39, 0.29) is 5.41 Å². The van der Waals surface area contributed by atoms with E-state index < -0.39 is 0 Å². The lowest BCUT2D eigenvalue weighted by Gasteiger charge is -2.44. The molecule has 0 aromatic heterocycles. The quantitative estimate of drug-likeness (QED) is 0.929. The second kappa shape index (κ2) is 5.70. The molecule has 3 heteroatoms. The van der Waals surface area contributed by atoms with Gasteiger partial charge < -0.3 is 10.1 Å². The topological polar surface area (TPSA) is 21.3 Å². The van der Waals surface area contributed by atoms with Crippen molar-refractivity contribution >= 4 is 11.6 Å². The number of nitrogens with one attached hydrogen (secondary N) is 1. The van der Waals surface area contributed by atoms with E-state index in [0.717, 1.165) is 30.3 Å². The molecule has 21 heavy (non-hydrogen) atoms. The highest BCUT2D eigenvalue weighted by Gasteiger charge is 2.40. The molecule has 0 saturated carbocycles. The molecule has 110 valence electrons. The van der Waals surface area contributed by atoms with E-state index in [1.807, 2.05) is 18.2 Å². The van der Waals surface area contributed by atoms with Gasteiger partial charge in [0.15, 0.2) is 0 Å². The molecule has 0 aliphatic carbocycles. The van der Waals surface area contributed by atoms with E-state index in [4.69, 9.17) is 16.3 Å². The standard InChI is InChI=1S/C18H20ClNO/c1-13-5-3-4-6-16(13)18(11-20-12-18)10-14-9-15(19)7-8-17(14)21-2/h3-9,20H,10-12H2,1-2H3. The Kier molecular flexibility index (Phi) is 3.92. The lowest BCUT2D eigenvalue weighted by Crippen LogP contribution is -2.58. The molecule has 1 heterocycles. The summed E-state index contributed by atoms with van der Waals surface area (Å²) in [6, 6.07) is 14.5. The highest BCUT2D eigenvalue weighted by Crippen LogP contribution is 2.37. The van der Waals surface area contributed by atoms with E-state index in [2.05, 4.69) is 36.5 Å². The summed E-state index contributed by atoms with van der Waals surface area (Å²) >= 11 is 6.17. The zero-order valence-corrected chi connectivity index (χ0v) is 13.2. The number of hydrogen-bond acceptors (Lipinski definition) is 2. The molecular formula is C18H20ClNO. The maximum absolute atomic E-state index is 6.17. The number of ether oxygens (including phenoxy) is 1. The highest BCUT2D eigenvalue weighted by molar-refractivity contribution is 6.30. The summed E-state index contributed by atoms with van der Waals surface area (Å²) in [5.74, 6) is 0.916. The van der Waals surface area contributed by atoms with Crippen LogP contribution in [0.3, 0.4) is 0 Å². The summed E-state index contributed by atoms with van der Waals surface area (Å²) in [6.07, 6.45) is 0.939. The molecule has 1 aliphatic heterocycles. The maximum Gasteiger partial charge on any atom is 0.122 e.